The summed E-state index contributed by atoms with van der Waals surface area (Å²) in [6.45, 7) is 3.26. The van der Waals surface area contributed by atoms with Gasteiger partial charge in [-0.05, 0) is 18.4 Å². The van der Waals surface area contributed by atoms with E-state index in [1.54, 1.807) is 0 Å². The quantitative estimate of drug-likeness (QED) is 0.690. The maximum atomic E-state index is 12.6. The van der Waals surface area contributed by atoms with Gasteiger partial charge in [0, 0.05) is 25.2 Å². The molecule has 8 heteroatoms. The topological polar surface area (TPSA) is 105 Å². The van der Waals surface area contributed by atoms with E-state index in [0.717, 1.165) is 0 Å². The molecule has 132 valence electrons. The first-order valence-corrected chi connectivity index (χ1v) is 8.07. The number of carbonyl (C=O) groups is 2. The molecule has 1 aliphatic rings. The van der Waals surface area contributed by atoms with Crippen LogP contribution in [0.15, 0.2) is 12.1 Å². The minimum Gasteiger partial charge on any atom is -0.496 e. The molecule has 0 saturated carbocycles. The highest BCUT2D eigenvalue weighted by atomic mass is 35.5. The van der Waals surface area contributed by atoms with Crippen molar-refractivity contribution < 1.29 is 19.4 Å². The van der Waals surface area contributed by atoms with Crippen molar-refractivity contribution in [1.82, 2.24) is 10.2 Å². The number of nitrogens with zero attached hydrogens (tertiary/aromatic N) is 1. The van der Waals surface area contributed by atoms with E-state index in [1.165, 1.54) is 19.2 Å². The molecule has 1 aromatic carbocycles. The summed E-state index contributed by atoms with van der Waals surface area (Å²) in [6, 6.07) is 2.98. The molecule has 24 heavy (non-hydrogen) atoms. The Balaban J connectivity index is 2.05. The Morgan fingerprint density at radius 1 is 1.50 bits per heavy atom. The van der Waals surface area contributed by atoms with Crippen LogP contribution < -0.4 is 15.8 Å². The number of piperidine rings is 1. The lowest BCUT2D eigenvalue weighted by Crippen LogP contribution is -2.51. The van der Waals surface area contributed by atoms with Crippen molar-refractivity contribution in [2.24, 2.45) is 5.92 Å². The van der Waals surface area contributed by atoms with Gasteiger partial charge < -0.3 is 20.9 Å². The second kappa shape index (κ2) is 7.72. The van der Waals surface area contributed by atoms with E-state index in [1.807, 2.05) is 11.8 Å². The van der Waals surface area contributed by atoms with Gasteiger partial charge in [-0.2, -0.15) is 0 Å². The van der Waals surface area contributed by atoms with Crippen LogP contribution in [0.1, 0.15) is 23.7 Å². The number of amides is 1. The van der Waals surface area contributed by atoms with E-state index < -0.39 is 5.97 Å². The first-order chi connectivity index (χ1) is 11.3. The predicted molar refractivity (Wildman–Crippen MR) is 91.5 cm³/mol. The summed E-state index contributed by atoms with van der Waals surface area (Å²) in [4.78, 5) is 25.2. The van der Waals surface area contributed by atoms with Crippen molar-refractivity contribution in [3.8, 4) is 5.75 Å². The molecule has 2 atom stereocenters. The average Bonchev–Trinajstić information content (AvgIpc) is 2.51. The molecule has 1 amide bonds. The highest BCUT2D eigenvalue weighted by molar-refractivity contribution is 6.33. The van der Waals surface area contributed by atoms with Gasteiger partial charge in [-0.25, -0.2) is 0 Å². The van der Waals surface area contributed by atoms with Gasteiger partial charge in [0.1, 0.15) is 5.75 Å². The first kappa shape index (κ1) is 18.4. The molecule has 7 nitrogen and oxygen atoms in total. The van der Waals surface area contributed by atoms with Gasteiger partial charge in [-0.1, -0.05) is 18.5 Å². The summed E-state index contributed by atoms with van der Waals surface area (Å²) in [6.07, 6.45) is 0.686. The van der Waals surface area contributed by atoms with E-state index in [9.17, 15) is 9.59 Å². The fraction of sp³-hybridized carbons (Fsp3) is 0.500. The Morgan fingerprint density at radius 3 is 2.79 bits per heavy atom. The molecule has 0 unspecified atom stereocenters. The zero-order chi connectivity index (χ0) is 17.9. The van der Waals surface area contributed by atoms with Gasteiger partial charge in [-0.15, -0.1) is 0 Å². The van der Waals surface area contributed by atoms with E-state index in [4.69, 9.17) is 27.2 Å². The summed E-state index contributed by atoms with van der Waals surface area (Å²) in [7, 11) is 1.46. The fourth-order valence-electron chi connectivity index (χ4n) is 2.94. The summed E-state index contributed by atoms with van der Waals surface area (Å²) in [5.41, 5.74) is 6.41. The third kappa shape index (κ3) is 4.30. The van der Waals surface area contributed by atoms with Crippen molar-refractivity contribution in [2.75, 3.05) is 32.5 Å². The number of methoxy groups -OCH3 is 1. The third-order valence-corrected chi connectivity index (χ3v) is 4.56. The minimum atomic E-state index is -0.842. The Hall–Kier alpha value is -1.99. The molecule has 0 spiro atoms. The van der Waals surface area contributed by atoms with Crippen LogP contribution in [-0.4, -0.2) is 54.7 Å². The third-order valence-electron chi connectivity index (χ3n) is 4.23. The van der Waals surface area contributed by atoms with Gasteiger partial charge in [0.05, 0.1) is 29.9 Å². The molecule has 0 bridgehead atoms. The molecule has 1 fully saturated rings. The average molecular weight is 356 g/mol. The largest absolute Gasteiger partial charge is 0.496 e. The second-order valence-corrected chi connectivity index (χ2v) is 6.46. The van der Waals surface area contributed by atoms with Crippen molar-refractivity contribution in [2.45, 2.75) is 19.4 Å². The van der Waals surface area contributed by atoms with Crippen molar-refractivity contribution in [1.29, 1.82) is 0 Å². The first-order valence-electron chi connectivity index (χ1n) is 7.69. The molecule has 0 radical (unpaired) electrons. The SMILES string of the molecule is COc1cc(N)c(Cl)cc1C(=O)N[C@H]1CCN(CC(=O)O)C[C@@H]1C. The predicted octanol–water partition coefficient (Wildman–Crippen LogP) is 1.46. The number of anilines is 1. The number of nitrogens with one attached hydrogen (secondary N) is 1. The standard InChI is InChI=1S/C16H22ClN3O4/c1-9-7-20(8-15(21)22)4-3-13(9)19-16(23)10-5-11(17)12(18)6-14(10)24-2/h5-6,9,13H,3-4,7-8,18H2,1-2H3,(H,19,23)(H,21,22)/t9-,13-/m0/s1. The van der Waals surface area contributed by atoms with Crippen LogP contribution in [-0.2, 0) is 4.79 Å². The molecule has 1 saturated heterocycles. The van der Waals surface area contributed by atoms with Crippen molar-refractivity contribution >= 4 is 29.2 Å². The molecule has 0 aliphatic carbocycles. The number of hydrogen-bond acceptors (Lipinski definition) is 5. The molecule has 4 N–H and O–H groups in total. The smallest absolute Gasteiger partial charge is 0.317 e. The lowest BCUT2D eigenvalue weighted by atomic mass is 9.93. The number of ether oxygens (including phenoxy) is 1. The Labute approximate surface area is 145 Å². The number of benzene rings is 1. The molecule has 1 aliphatic heterocycles. The normalized spacial score (nSPS) is 21.3. The maximum absolute atomic E-state index is 12.6. The van der Waals surface area contributed by atoms with E-state index in [0.29, 0.717) is 41.5 Å². The number of rotatable bonds is 5. The number of halogens is 1. The van der Waals surface area contributed by atoms with Crippen LogP contribution in [0.3, 0.4) is 0 Å². The Bertz CT molecular complexity index is 638. The fourth-order valence-corrected chi connectivity index (χ4v) is 3.11. The number of hydrogen-bond donors (Lipinski definition) is 3. The van der Waals surface area contributed by atoms with Crippen LogP contribution in [0.2, 0.25) is 5.02 Å². The number of carboxylic acids is 1. The zero-order valence-electron chi connectivity index (χ0n) is 13.7. The van der Waals surface area contributed by atoms with Gasteiger partial charge >= 0.3 is 5.97 Å². The van der Waals surface area contributed by atoms with Gasteiger partial charge in [0.15, 0.2) is 0 Å². The number of carbonyl (C=O) groups excluding carboxylic acids is 1. The molecule has 2 rings (SSSR count). The van der Waals surface area contributed by atoms with E-state index >= 15 is 0 Å². The number of aliphatic carboxylic acids is 1. The molecular weight excluding hydrogens is 334 g/mol. The van der Waals surface area contributed by atoms with E-state index in [2.05, 4.69) is 5.32 Å². The molecule has 1 heterocycles. The lowest BCUT2D eigenvalue weighted by molar-refractivity contribution is -0.138. The Kier molecular flexibility index (Phi) is 5.90. The molecule has 0 aromatic heterocycles. The number of nitrogens with two attached hydrogens (primary N) is 1. The lowest BCUT2D eigenvalue weighted by Gasteiger charge is -2.36. The molecule has 1 aromatic rings. The van der Waals surface area contributed by atoms with Crippen LogP contribution in [0.25, 0.3) is 0 Å². The van der Waals surface area contributed by atoms with Crippen molar-refractivity contribution in [3.05, 3.63) is 22.7 Å². The van der Waals surface area contributed by atoms with Crippen LogP contribution in [0, 0.1) is 5.92 Å². The maximum Gasteiger partial charge on any atom is 0.317 e. The monoisotopic (exact) mass is 355 g/mol. The van der Waals surface area contributed by atoms with Crippen LogP contribution >= 0.6 is 11.6 Å². The summed E-state index contributed by atoms with van der Waals surface area (Å²) in [5, 5.41) is 12.2. The van der Waals surface area contributed by atoms with Gasteiger partial charge in [0.2, 0.25) is 0 Å². The summed E-state index contributed by atoms with van der Waals surface area (Å²) < 4.78 is 5.21. The minimum absolute atomic E-state index is 0.0202. The highest BCUT2D eigenvalue weighted by Crippen LogP contribution is 2.29. The molecular formula is C16H22ClN3O4. The van der Waals surface area contributed by atoms with Gasteiger partial charge in [-0.3, -0.25) is 14.5 Å². The number of carboxylic acid groups (broad SMARTS) is 1. The summed E-state index contributed by atoms with van der Waals surface area (Å²) >= 11 is 6.00. The highest BCUT2D eigenvalue weighted by Gasteiger charge is 2.29. The van der Waals surface area contributed by atoms with Gasteiger partial charge in [0.25, 0.3) is 5.91 Å². The van der Waals surface area contributed by atoms with Crippen LogP contribution in [0.4, 0.5) is 5.69 Å². The number of likely N-dealkylation sites (tertiary alicyclic amines) is 1. The van der Waals surface area contributed by atoms with Crippen molar-refractivity contribution in [3.63, 3.8) is 0 Å². The zero-order valence-corrected chi connectivity index (χ0v) is 14.5. The van der Waals surface area contributed by atoms with E-state index in [-0.39, 0.29) is 24.4 Å². The number of nitrogen functional groups attached to an aromatic ring is 1. The Morgan fingerprint density at radius 2 is 2.21 bits per heavy atom. The van der Waals surface area contributed by atoms with Crippen LogP contribution in [0.5, 0.6) is 5.75 Å². The summed E-state index contributed by atoms with van der Waals surface area (Å²) in [5.74, 6) is -0.620. The second-order valence-electron chi connectivity index (χ2n) is 6.05.